The van der Waals surface area contributed by atoms with E-state index in [2.05, 4.69) is 22.2 Å². The third-order valence-corrected chi connectivity index (χ3v) is 3.22. The van der Waals surface area contributed by atoms with Crippen LogP contribution < -0.4 is 10.1 Å². The lowest BCUT2D eigenvalue weighted by atomic mass is 10.2. The van der Waals surface area contributed by atoms with Crippen molar-refractivity contribution in [1.82, 2.24) is 9.97 Å². The minimum absolute atomic E-state index is 0.290. The molecule has 2 aromatic rings. The molecule has 0 saturated heterocycles. The minimum Gasteiger partial charge on any atom is -0.438 e. The lowest BCUT2D eigenvalue weighted by molar-refractivity contribution is 0.449. The first-order valence-corrected chi connectivity index (χ1v) is 7.04. The summed E-state index contributed by atoms with van der Waals surface area (Å²) in [4.78, 5) is 8.86. The Balaban J connectivity index is 2.37. The summed E-state index contributed by atoms with van der Waals surface area (Å²) >= 11 is 0. The average Bonchev–Trinajstić information content (AvgIpc) is 2.46. The van der Waals surface area contributed by atoms with Crippen molar-refractivity contribution in [3.8, 4) is 11.6 Å². The van der Waals surface area contributed by atoms with Gasteiger partial charge in [-0.25, -0.2) is 9.37 Å². The molecule has 0 amide bonds. The Morgan fingerprint density at radius 1 is 1.24 bits per heavy atom. The molecule has 0 aliphatic heterocycles. The molecule has 4 nitrogen and oxygen atoms in total. The fraction of sp³-hybridized carbons (Fsp3) is 0.375. The maximum Gasteiger partial charge on any atom is 0.227 e. The highest BCUT2D eigenvalue weighted by Gasteiger charge is 2.12. The second-order valence-electron chi connectivity index (χ2n) is 4.93. The monoisotopic (exact) mass is 289 g/mol. The highest BCUT2D eigenvalue weighted by molar-refractivity contribution is 5.49. The molecule has 2 rings (SSSR count). The molecule has 0 saturated carbocycles. The van der Waals surface area contributed by atoms with E-state index in [0.717, 1.165) is 30.0 Å². The van der Waals surface area contributed by atoms with Gasteiger partial charge in [-0.2, -0.15) is 4.98 Å². The smallest absolute Gasteiger partial charge is 0.227 e. The Morgan fingerprint density at radius 2 is 2.00 bits per heavy atom. The van der Waals surface area contributed by atoms with E-state index in [1.165, 1.54) is 6.07 Å². The van der Waals surface area contributed by atoms with E-state index in [1.807, 2.05) is 6.92 Å². The van der Waals surface area contributed by atoms with E-state index in [9.17, 15) is 4.39 Å². The topological polar surface area (TPSA) is 47.0 Å². The van der Waals surface area contributed by atoms with Gasteiger partial charge in [0.05, 0.1) is 5.56 Å². The van der Waals surface area contributed by atoms with E-state index >= 15 is 0 Å². The molecule has 1 aromatic carbocycles. The van der Waals surface area contributed by atoms with E-state index in [-0.39, 0.29) is 5.82 Å². The van der Waals surface area contributed by atoms with Gasteiger partial charge < -0.3 is 10.1 Å². The van der Waals surface area contributed by atoms with Crippen LogP contribution in [-0.2, 0) is 6.42 Å². The van der Waals surface area contributed by atoms with Crippen LogP contribution >= 0.6 is 0 Å². The van der Waals surface area contributed by atoms with Crippen molar-refractivity contribution in [2.24, 2.45) is 0 Å². The number of halogens is 1. The fourth-order valence-electron chi connectivity index (χ4n) is 1.97. The number of hydrogen-bond acceptors (Lipinski definition) is 4. The quantitative estimate of drug-likeness (QED) is 0.903. The minimum atomic E-state index is -0.290. The number of hydrogen-bond donors (Lipinski definition) is 1. The molecule has 0 aliphatic rings. The van der Waals surface area contributed by atoms with Crippen molar-refractivity contribution in [2.75, 3.05) is 12.4 Å². The maximum atomic E-state index is 13.6. The second kappa shape index (κ2) is 6.52. The van der Waals surface area contributed by atoms with Crippen molar-refractivity contribution in [3.63, 3.8) is 0 Å². The summed E-state index contributed by atoms with van der Waals surface area (Å²) in [6.07, 6.45) is 1.72. The molecule has 0 bridgehead atoms. The fourth-order valence-corrected chi connectivity index (χ4v) is 1.97. The van der Waals surface area contributed by atoms with E-state index in [1.54, 1.807) is 26.1 Å². The second-order valence-corrected chi connectivity index (χ2v) is 4.93. The van der Waals surface area contributed by atoms with Gasteiger partial charge in [0.15, 0.2) is 0 Å². The number of benzene rings is 1. The van der Waals surface area contributed by atoms with Crippen LogP contribution in [0.15, 0.2) is 18.2 Å². The highest BCUT2D eigenvalue weighted by atomic mass is 19.1. The van der Waals surface area contributed by atoms with Crippen molar-refractivity contribution < 1.29 is 9.13 Å². The van der Waals surface area contributed by atoms with Crippen molar-refractivity contribution in [1.29, 1.82) is 0 Å². The number of anilines is 1. The van der Waals surface area contributed by atoms with Gasteiger partial charge in [0.2, 0.25) is 5.88 Å². The van der Waals surface area contributed by atoms with Gasteiger partial charge in [-0.1, -0.05) is 13.0 Å². The first-order chi connectivity index (χ1) is 10.0. The number of nitrogens with zero attached hydrogens (tertiary/aromatic N) is 2. The number of aromatic nitrogens is 2. The first kappa shape index (κ1) is 15.2. The lowest BCUT2D eigenvalue weighted by Crippen LogP contribution is -2.05. The van der Waals surface area contributed by atoms with Crippen LogP contribution in [0.25, 0.3) is 0 Å². The predicted octanol–water partition coefficient (Wildman–Crippen LogP) is 4.02. The SMILES string of the molecule is CCCc1nc(NC)c(C)c(Oc2ccc(C)c(F)c2)n1. The molecule has 0 unspecified atom stereocenters. The third kappa shape index (κ3) is 3.48. The highest BCUT2D eigenvalue weighted by Crippen LogP contribution is 2.28. The number of ether oxygens (including phenoxy) is 1. The van der Waals surface area contributed by atoms with E-state index in [0.29, 0.717) is 17.2 Å². The van der Waals surface area contributed by atoms with E-state index < -0.39 is 0 Å². The zero-order valence-electron chi connectivity index (χ0n) is 12.8. The van der Waals surface area contributed by atoms with Gasteiger partial charge in [-0.15, -0.1) is 0 Å². The molecule has 0 aliphatic carbocycles. The molecule has 1 heterocycles. The van der Waals surface area contributed by atoms with Gasteiger partial charge in [-0.3, -0.25) is 0 Å². The molecule has 1 N–H and O–H groups in total. The molecular weight excluding hydrogens is 269 g/mol. The Morgan fingerprint density at radius 3 is 2.62 bits per heavy atom. The van der Waals surface area contributed by atoms with Crippen molar-refractivity contribution >= 4 is 5.82 Å². The van der Waals surface area contributed by atoms with Gasteiger partial charge in [0, 0.05) is 19.5 Å². The van der Waals surface area contributed by atoms with Gasteiger partial charge in [0.1, 0.15) is 23.2 Å². The summed E-state index contributed by atoms with van der Waals surface area (Å²) in [7, 11) is 1.81. The Kier molecular flexibility index (Phi) is 4.73. The zero-order valence-corrected chi connectivity index (χ0v) is 12.8. The molecule has 21 heavy (non-hydrogen) atoms. The molecule has 1 aromatic heterocycles. The molecule has 5 heteroatoms. The molecule has 0 spiro atoms. The van der Waals surface area contributed by atoms with Gasteiger partial charge in [-0.05, 0) is 31.9 Å². The molecule has 0 radical (unpaired) electrons. The zero-order chi connectivity index (χ0) is 15.4. The van der Waals surface area contributed by atoms with Crippen molar-refractivity contribution in [2.45, 2.75) is 33.6 Å². The van der Waals surface area contributed by atoms with Gasteiger partial charge >= 0.3 is 0 Å². The molecule has 112 valence electrons. The van der Waals surface area contributed by atoms with Crippen LogP contribution in [-0.4, -0.2) is 17.0 Å². The lowest BCUT2D eigenvalue weighted by Gasteiger charge is -2.13. The summed E-state index contributed by atoms with van der Waals surface area (Å²) in [5, 5.41) is 3.04. The average molecular weight is 289 g/mol. The summed E-state index contributed by atoms with van der Waals surface area (Å²) in [6.45, 7) is 5.66. The Labute approximate surface area is 124 Å². The van der Waals surface area contributed by atoms with Gasteiger partial charge in [0.25, 0.3) is 0 Å². The van der Waals surface area contributed by atoms with Crippen LogP contribution in [0.2, 0.25) is 0 Å². The number of aryl methyl sites for hydroxylation is 2. The summed E-state index contributed by atoms with van der Waals surface area (Å²) in [6, 6.07) is 4.79. The summed E-state index contributed by atoms with van der Waals surface area (Å²) < 4.78 is 19.3. The van der Waals surface area contributed by atoms with Crippen LogP contribution in [0.3, 0.4) is 0 Å². The maximum absolute atomic E-state index is 13.6. The first-order valence-electron chi connectivity index (χ1n) is 7.04. The van der Waals surface area contributed by atoms with Crippen LogP contribution in [0.5, 0.6) is 11.6 Å². The molecule has 0 fully saturated rings. The Bertz CT molecular complexity index is 644. The van der Waals surface area contributed by atoms with E-state index in [4.69, 9.17) is 4.74 Å². The standard InChI is InChI=1S/C16H20FN3O/c1-5-6-14-19-15(18-4)11(3)16(20-14)21-12-8-7-10(2)13(17)9-12/h7-9H,5-6H2,1-4H3,(H,18,19,20). The number of nitrogens with one attached hydrogen (secondary N) is 1. The normalized spacial score (nSPS) is 10.5. The Hall–Kier alpha value is -2.17. The van der Waals surface area contributed by atoms with Crippen molar-refractivity contribution in [3.05, 3.63) is 41.0 Å². The van der Waals surface area contributed by atoms with Crippen LogP contribution in [0.4, 0.5) is 10.2 Å². The molecular formula is C16H20FN3O. The largest absolute Gasteiger partial charge is 0.438 e. The van der Waals surface area contributed by atoms with Crippen LogP contribution in [0.1, 0.15) is 30.3 Å². The summed E-state index contributed by atoms with van der Waals surface area (Å²) in [5.41, 5.74) is 1.39. The third-order valence-electron chi connectivity index (χ3n) is 3.22. The number of rotatable bonds is 5. The summed E-state index contributed by atoms with van der Waals surface area (Å²) in [5.74, 6) is 2.05. The van der Waals surface area contributed by atoms with Crippen LogP contribution in [0, 0.1) is 19.7 Å². The molecule has 0 atom stereocenters. The predicted molar refractivity (Wildman–Crippen MR) is 81.5 cm³/mol.